The van der Waals surface area contributed by atoms with Crippen molar-refractivity contribution < 1.29 is 23.7 Å². The zero-order valence-electron chi connectivity index (χ0n) is 24.8. The molecule has 1 amide bonds. The van der Waals surface area contributed by atoms with Gasteiger partial charge in [-0.05, 0) is 49.6 Å². The lowest BCUT2D eigenvalue weighted by Crippen LogP contribution is -2.49. The van der Waals surface area contributed by atoms with Crippen molar-refractivity contribution in [2.24, 2.45) is 5.92 Å². The van der Waals surface area contributed by atoms with Gasteiger partial charge < -0.3 is 18.9 Å². The Hall–Kier alpha value is -3.34. The van der Waals surface area contributed by atoms with Gasteiger partial charge in [-0.1, -0.05) is 41.4 Å². The number of ether oxygens (including phenoxy) is 4. The fourth-order valence-corrected chi connectivity index (χ4v) is 5.82. The van der Waals surface area contributed by atoms with Crippen LogP contribution in [0.1, 0.15) is 44.1 Å². The topological polar surface area (TPSA) is 84.2 Å². The molecular formula is C31H37BrClN4O5+. The third-order valence-corrected chi connectivity index (χ3v) is 8.06. The van der Waals surface area contributed by atoms with Crippen molar-refractivity contribution in [3.05, 3.63) is 68.9 Å². The van der Waals surface area contributed by atoms with E-state index in [1.54, 1.807) is 30.9 Å². The molecule has 42 heavy (non-hydrogen) atoms. The molecule has 2 heterocycles. The molecule has 0 spiro atoms. The SMILES string of the molecule is CCOc1ccc2nc(C[N+](C=O)(CCC(C)C)c3ccc(OC)c(OC)c3Cl)c(Cc3cc(Br)ccc3OC)n2n1. The van der Waals surface area contributed by atoms with Crippen LogP contribution in [0.5, 0.6) is 23.1 Å². The summed E-state index contributed by atoms with van der Waals surface area (Å²) in [5.41, 5.74) is 3.71. The number of halogens is 2. The molecule has 0 N–H and O–H groups in total. The molecule has 0 fully saturated rings. The van der Waals surface area contributed by atoms with E-state index < -0.39 is 0 Å². The van der Waals surface area contributed by atoms with Crippen molar-refractivity contribution in [3.8, 4) is 23.1 Å². The molecule has 1 unspecified atom stereocenters. The first-order chi connectivity index (χ1) is 20.2. The first-order valence-electron chi connectivity index (χ1n) is 13.8. The zero-order valence-corrected chi connectivity index (χ0v) is 27.2. The number of hydrogen-bond acceptors (Lipinski definition) is 7. The molecule has 0 radical (unpaired) electrons. The summed E-state index contributed by atoms with van der Waals surface area (Å²) >= 11 is 10.5. The molecule has 11 heteroatoms. The molecule has 224 valence electrons. The summed E-state index contributed by atoms with van der Waals surface area (Å²) in [6, 6.07) is 13.1. The number of imidazole rings is 1. The van der Waals surface area contributed by atoms with E-state index >= 15 is 0 Å². The van der Waals surface area contributed by atoms with Gasteiger partial charge in [-0.2, -0.15) is 0 Å². The Kier molecular flexibility index (Phi) is 10.3. The van der Waals surface area contributed by atoms with E-state index in [0.717, 1.165) is 34.3 Å². The van der Waals surface area contributed by atoms with E-state index in [1.807, 2.05) is 37.3 Å². The second kappa shape index (κ2) is 13.8. The van der Waals surface area contributed by atoms with E-state index in [4.69, 9.17) is 40.6 Å². The fourth-order valence-electron chi connectivity index (χ4n) is 5.01. The Morgan fingerprint density at radius 1 is 1.05 bits per heavy atom. The molecule has 0 aliphatic rings. The highest BCUT2D eigenvalue weighted by molar-refractivity contribution is 9.10. The maximum atomic E-state index is 13.3. The van der Waals surface area contributed by atoms with Gasteiger partial charge in [-0.25, -0.2) is 18.8 Å². The summed E-state index contributed by atoms with van der Waals surface area (Å²) in [5, 5.41) is 5.07. The smallest absolute Gasteiger partial charge is 0.306 e. The van der Waals surface area contributed by atoms with Crippen LogP contribution in [0.15, 0.2) is 46.9 Å². The van der Waals surface area contributed by atoms with Crippen molar-refractivity contribution in [3.63, 3.8) is 0 Å². The second-order valence-electron chi connectivity index (χ2n) is 10.4. The molecular weight excluding hydrogens is 624 g/mol. The number of amides is 1. The van der Waals surface area contributed by atoms with Crippen LogP contribution >= 0.6 is 27.5 Å². The third-order valence-electron chi connectivity index (χ3n) is 7.20. The van der Waals surface area contributed by atoms with E-state index in [1.165, 1.54) is 7.11 Å². The molecule has 0 bridgehead atoms. The quantitative estimate of drug-likeness (QED) is 0.108. The number of carbonyl (C=O) groups is 1. The van der Waals surface area contributed by atoms with Gasteiger partial charge in [0, 0.05) is 28.6 Å². The summed E-state index contributed by atoms with van der Waals surface area (Å²) in [6.07, 6.45) is 2.17. The molecule has 1 atom stereocenters. The van der Waals surface area contributed by atoms with Crippen LogP contribution in [-0.4, -0.2) is 55.5 Å². The summed E-state index contributed by atoms with van der Waals surface area (Å²) in [5.74, 6) is 2.43. The molecule has 0 aliphatic carbocycles. The molecule has 2 aromatic carbocycles. The number of fused-ring (bicyclic) bond motifs is 1. The van der Waals surface area contributed by atoms with Crippen LogP contribution in [0.4, 0.5) is 5.69 Å². The summed E-state index contributed by atoms with van der Waals surface area (Å²) in [7, 11) is 4.73. The Balaban J connectivity index is 1.94. The highest BCUT2D eigenvalue weighted by atomic mass is 79.9. The van der Waals surface area contributed by atoms with Crippen molar-refractivity contribution in [2.75, 3.05) is 34.5 Å². The Bertz CT molecular complexity index is 1560. The monoisotopic (exact) mass is 659 g/mol. The number of rotatable bonds is 14. The second-order valence-corrected chi connectivity index (χ2v) is 11.6. The maximum absolute atomic E-state index is 13.3. The third kappa shape index (κ3) is 6.50. The van der Waals surface area contributed by atoms with Gasteiger partial charge in [0.15, 0.2) is 22.8 Å². The molecule has 0 saturated heterocycles. The number of quaternary nitrogens is 1. The normalized spacial score (nSPS) is 12.8. The average molecular weight is 661 g/mol. The number of carbonyl (C=O) groups excluding carboxylic acids is 1. The van der Waals surface area contributed by atoms with Gasteiger partial charge in [0.1, 0.15) is 23.0 Å². The fraction of sp³-hybridized carbons (Fsp3) is 0.387. The number of methoxy groups -OCH3 is 3. The Labute approximate surface area is 260 Å². The molecule has 0 aliphatic heterocycles. The minimum absolute atomic E-state index is 0.0951. The van der Waals surface area contributed by atoms with Crippen molar-refractivity contribution >= 4 is 45.3 Å². The lowest BCUT2D eigenvalue weighted by molar-refractivity contribution is -0.118. The number of aromatic nitrogens is 3. The first kappa shape index (κ1) is 31.6. The lowest BCUT2D eigenvalue weighted by atomic mass is 10.0. The van der Waals surface area contributed by atoms with Crippen LogP contribution in [0.2, 0.25) is 5.02 Å². The van der Waals surface area contributed by atoms with Gasteiger partial charge in [-0.15, -0.1) is 5.10 Å². The van der Waals surface area contributed by atoms with E-state index in [9.17, 15) is 4.79 Å². The summed E-state index contributed by atoms with van der Waals surface area (Å²) < 4.78 is 25.1. The van der Waals surface area contributed by atoms with Crippen LogP contribution in [0, 0.1) is 5.92 Å². The van der Waals surface area contributed by atoms with Crippen LogP contribution in [-0.2, 0) is 17.8 Å². The maximum Gasteiger partial charge on any atom is 0.306 e. The van der Waals surface area contributed by atoms with Gasteiger partial charge in [0.2, 0.25) is 5.88 Å². The van der Waals surface area contributed by atoms with Gasteiger partial charge in [0.25, 0.3) is 0 Å². The van der Waals surface area contributed by atoms with E-state index in [-0.39, 0.29) is 11.0 Å². The molecule has 2 aromatic heterocycles. The summed E-state index contributed by atoms with van der Waals surface area (Å²) in [6.45, 7) is 7.39. The average Bonchev–Trinajstić information content (AvgIpc) is 3.31. The van der Waals surface area contributed by atoms with E-state index in [2.05, 4.69) is 29.8 Å². The minimum atomic E-state index is -0.0951. The van der Waals surface area contributed by atoms with Crippen molar-refractivity contribution in [1.82, 2.24) is 19.1 Å². The van der Waals surface area contributed by atoms with Gasteiger partial charge in [0.05, 0.1) is 40.2 Å². The molecule has 4 aromatic rings. The predicted octanol–water partition coefficient (Wildman–Crippen LogP) is 6.87. The Morgan fingerprint density at radius 2 is 1.79 bits per heavy atom. The molecule has 4 rings (SSSR count). The minimum Gasteiger partial charge on any atom is -0.496 e. The Morgan fingerprint density at radius 3 is 2.43 bits per heavy atom. The largest absolute Gasteiger partial charge is 0.496 e. The summed E-state index contributed by atoms with van der Waals surface area (Å²) in [4.78, 5) is 18.3. The van der Waals surface area contributed by atoms with Crippen molar-refractivity contribution in [1.29, 1.82) is 0 Å². The van der Waals surface area contributed by atoms with Crippen LogP contribution in [0.25, 0.3) is 5.65 Å². The van der Waals surface area contributed by atoms with E-state index in [0.29, 0.717) is 64.9 Å². The number of nitrogens with zero attached hydrogens (tertiary/aromatic N) is 4. The van der Waals surface area contributed by atoms with Crippen LogP contribution in [0.3, 0.4) is 0 Å². The van der Waals surface area contributed by atoms with Crippen molar-refractivity contribution in [2.45, 2.75) is 40.2 Å². The number of benzene rings is 2. The van der Waals surface area contributed by atoms with Gasteiger partial charge >= 0.3 is 6.41 Å². The highest BCUT2D eigenvalue weighted by Gasteiger charge is 2.37. The molecule has 9 nitrogen and oxygen atoms in total. The zero-order chi connectivity index (χ0) is 30.4. The first-order valence-corrected chi connectivity index (χ1v) is 14.9. The van der Waals surface area contributed by atoms with Crippen LogP contribution < -0.4 is 23.4 Å². The van der Waals surface area contributed by atoms with Gasteiger partial charge in [-0.3, -0.25) is 0 Å². The highest BCUT2D eigenvalue weighted by Crippen LogP contribution is 2.44. The lowest BCUT2D eigenvalue weighted by Gasteiger charge is -2.33. The standard InChI is InChI=1S/C31H37BrClN4O5/c1-7-42-29-13-12-28-34-23(24(36(28)35-29)17-21-16-22(32)8-10-26(21)39-4)18-37(19-38,15-14-20(2)3)25-9-11-27(40-5)31(41-6)30(25)33/h8-13,16,19-20H,7,14-15,17-18H2,1-6H3/q+1. The predicted molar refractivity (Wildman–Crippen MR) is 168 cm³/mol. The number of hydrogen-bond donors (Lipinski definition) is 0. The molecule has 0 saturated carbocycles.